The molecule has 6 nitrogen and oxygen atoms in total. The summed E-state index contributed by atoms with van der Waals surface area (Å²) in [4.78, 5) is 7.75. The van der Waals surface area contributed by atoms with Gasteiger partial charge in [0.05, 0.1) is 23.8 Å². The summed E-state index contributed by atoms with van der Waals surface area (Å²) in [6.07, 6.45) is 3.06. The van der Waals surface area contributed by atoms with Gasteiger partial charge in [0.1, 0.15) is 6.10 Å². The van der Waals surface area contributed by atoms with E-state index in [1.54, 1.807) is 30.3 Å². The number of benzene rings is 1. The van der Waals surface area contributed by atoms with Crippen LogP contribution < -0.4 is 4.74 Å². The number of ether oxygens (including phenoxy) is 1. The van der Waals surface area contributed by atoms with Crippen molar-refractivity contribution >= 4 is 10.0 Å². The van der Waals surface area contributed by atoms with E-state index in [2.05, 4.69) is 9.97 Å². The molecule has 1 saturated heterocycles. The number of rotatable bonds is 4. The zero-order chi connectivity index (χ0) is 16.3. The van der Waals surface area contributed by atoms with Crippen LogP contribution in [0.4, 0.5) is 4.39 Å². The van der Waals surface area contributed by atoms with E-state index in [1.807, 2.05) is 0 Å². The highest BCUT2D eigenvalue weighted by atomic mass is 32.2. The van der Waals surface area contributed by atoms with E-state index in [4.69, 9.17) is 4.74 Å². The van der Waals surface area contributed by atoms with E-state index in [0.717, 1.165) is 12.4 Å². The molecule has 1 aliphatic rings. The van der Waals surface area contributed by atoms with Crippen LogP contribution in [0.2, 0.25) is 0 Å². The van der Waals surface area contributed by atoms with Crippen LogP contribution in [0.1, 0.15) is 12.8 Å². The molecule has 0 N–H and O–H groups in total. The summed E-state index contributed by atoms with van der Waals surface area (Å²) in [6.45, 7) is 0.666. The Morgan fingerprint density at radius 2 is 1.87 bits per heavy atom. The van der Waals surface area contributed by atoms with Gasteiger partial charge < -0.3 is 4.74 Å². The first-order valence-electron chi connectivity index (χ1n) is 7.25. The van der Waals surface area contributed by atoms with E-state index in [0.29, 0.717) is 19.4 Å². The zero-order valence-electron chi connectivity index (χ0n) is 12.3. The molecule has 0 bridgehead atoms. The molecule has 8 heteroatoms. The fourth-order valence-corrected chi connectivity index (χ4v) is 4.00. The fraction of sp³-hybridized carbons (Fsp3) is 0.333. The highest BCUT2D eigenvalue weighted by molar-refractivity contribution is 7.89. The van der Waals surface area contributed by atoms with E-state index in [1.165, 1.54) is 4.31 Å². The molecule has 0 aliphatic carbocycles. The zero-order valence-corrected chi connectivity index (χ0v) is 13.1. The molecule has 1 atom stereocenters. The van der Waals surface area contributed by atoms with Crippen molar-refractivity contribution in [3.63, 3.8) is 0 Å². The van der Waals surface area contributed by atoms with Gasteiger partial charge in [-0.15, -0.1) is 0 Å². The number of aromatic nitrogens is 2. The van der Waals surface area contributed by atoms with Gasteiger partial charge in [0, 0.05) is 6.54 Å². The summed E-state index contributed by atoms with van der Waals surface area (Å²) in [7, 11) is -3.54. The highest BCUT2D eigenvalue weighted by Crippen LogP contribution is 2.22. The third kappa shape index (κ3) is 3.65. The lowest BCUT2D eigenvalue weighted by Gasteiger charge is -2.31. The van der Waals surface area contributed by atoms with Gasteiger partial charge in [0.2, 0.25) is 10.0 Å². The smallest absolute Gasteiger partial charge is 0.316 e. The summed E-state index contributed by atoms with van der Waals surface area (Å²) >= 11 is 0. The summed E-state index contributed by atoms with van der Waals surface area (Å²) in [5, 5.41) is 0. The summed E-state index contributed by atoms with van der Waals surface area (Å²) in [6, 6.07) is 8.35. The van der Waals surface area contributed by atoms with Gasteiger partial charge in [0.25, 0.3) is 0 Å². The van der Waals surface area contributed by atoms with E-state index >= 15 is 0 Å². The standard InChI is InChI=1S/C15H16FN3O3S/c16-12-9-17-15(18-10-12)22-13-5-4-8-19(11-13)23(20,21)14-6-2-1-3-7-14/h1-3,6-7,9-10,13H,4-5,8,11H2. The van der Waals surface area contributed by atoms with Crippen LogP contribution in [-0.2, 0) is 10.0 Å². The second-order valence-corrected chi connectivity index (χ2v) is 7.18. The van der Waals surface area contributed by atoms with Gasteiger partial charge in [-0.2, -0.15) is 4.31 Å². The van der Waals surface area contributed by atoms with E-state index in [-0.39, 0.29) is 23.6 Å². The molecule has 0 radical (unpaired) electrons. The molecule has 23 heavy (non-hydrogen) atoms. The summed E-state index contributed by atoms with van der Waals surface area (Å²) < 4.78 is 45.0. The molecule has 1 aromatic heterocycles. The van der Waals surface area contributed by atoms with Crippen molar-refractivity contribution in [2.75, 3.05) is 13.1 Å². The molecule has 2 heterocycles. The van der Waals surface area contributed by atoms with Gasteiger partial charge in [-0.05, 0) is 25.0 Å². The Labute approximate surface area is 134 Å². The molecule has 1 unspecified atom stereocenters. The fourth-order valence-electron chi connectivity index (χ4n) is 2.47. The maximum absolute atomic E-state index is 12.8. The average molecular weight is 337 g/mol. The van der Waals surface area contributed by atoms with Crippen molar-refractivity contribution in [3.05, 3.63) is 48.5 Å². The Hall–Kier alpha value is -2.06. The summed E-state index contributed by atoms with van der Waals surface area (Å²) in [5.74, 6) is -0.547. The maximum atomic E-state index is 12.8. The predicted molar refractivity (Wildman–Crippen MR) is 80.8 cm³/mol. The number of halogens is 1. The third-order valence-electron chi connectivity index (χ3n) is 3.59. The second-order valence-electron chi connectivity index (χ2n) is 5.24. The van der Waals surface area contributed by atoms with Crippen LogP contribution >= 0.6 is 0 Å². The molecule has 0 amide bonds. The minimum Gasteiger partial charge on any atom is -0.459 e. The predicted octanol–water partition coefficient (Wildman–Crippen LogP) is 1.85. The molecule has 1 aromatic carbocycles. The van der Waals surface area contributed by atoms with Crippen molar-refractivity contribution in [1.82, 2.24) is 14.3 Å². The first-order valence-corrected chi connectivity index (χ1v) is 8.69. The monoisotopic (exact) mass is 337 g/mol. The van der Waals surface area contributed by atoms with Crippen LogP contribution in [0.25, 0.3) is 0 Å². The van der Waals surface area contributed by atoms with Crippen molar-refractivity contribution in [2.45, 2.75) is 23.8 Å². The van der Waals surface area contributed by atoms with Gasteiger partial charge in [-0.1, -0.05) is 18.2 Å². The Morgan fingerprint density at radius 1 is 1.17 bits per heavy atom. The van der Waals surface area contributed by atoms with Crippen molar-refractivity contribution < 1.29 is 17.5 Å². The lowest BCUT2D eigenvalue weighted by atomic mass is 10.1. The molecule has 3 rings (SSSR count). The quantitative estimate of drug-likeness (QED) is 0.851. The maximum Gasteiger partial charge on any atom is 0.316 e. The Kier molecular flexibility index (Phi) is 4.53. The number of hydrogen-bond acceptors (Lipinski definition) is 5. The second kappa shape index (κ2) is 6.59. The van der Waals surface area contributed by atoms with E-state index in [9.17, 15) is 12.8 Å². The van der Waals surface area contributed by atoms with Crippen LogP contribution in [0.3, 0.4) is 0 Å². The molecule has 0 saturated carbocycles. The largest absolute Gasteiger partial charge is 0.459 e. The number of sulfonamides is 1. The lowest BCUT2D eigenvalue weighted by molar-refractivity contribution is 0.119. The first-order chi connectivity index (χ1) is 11.1. The van der Waals surface area contributed by atoms with Crippen LogP contribution in [0.5, 0.6) is 6.01 Å². The normalized spacial score (nSPS) is 19.4. The van der Waals surface area contributed by atoms with Crippen molar-refractivity contribution in [1.29, 1.82) is 0 Å². The molecule has 2 aromatic rings. The van der Waals surface area contributed by atoms with Crippen molar-refractivity contribution in [2.24, 2.45) is 0 Å². The van der Waals surface area contributed by atoms with E-state index < -0.39 is 15.8 Å². The molecule has 0 spiro atoms. The van der Waals surface area contributed by atoms with Gasteiger partial charge in [0.15, 0.2) is 5.82 Å². The lowest BCUT2D eigenvalue weighted by Crippen LogP contribution is -2.44. The topological polar surface area (TPSA) is 72.4 Å². The SMILES string of the molecule is O=S(=O)(c1ccccc1)N1CCCC(Oc2ncc(F)cn2)C1. The molecule has 1 fully saturated rings. The number of hydrogen-bond donors (Lipinski definition) is 0. The molecular formula is C15H16FN3O3S. The van der Waals surface area contributed by atoms with Gasteiger partial charge >= 0.3 is 6.01 Å². The van der Waals surface area contributed by atoms with Crippen LogP contribution in [-0.4, -0.2) is 41.9 Å². The molecular weight excluding hydrogens is 321 g/mol. The Morgan fingerprint density at radius 3 is 2.57 bits per heavy atom. The van der Waals surface area contributed by atoms with Gasteiger partial charge in [-0.25, -0.2) is 22.8 Å². The third-order valence-corrected chi connectivity index (χ3v) is 5.47. The minimum atomic E-state index is -3.54. The van der Waals surface area contributed by atoms with Crippen LogP contribution in [0, 0.1) is 5.82 Å². The van der Waals surface area contributed by atoms with Gasteiger partial charge in [-0.3, -0.25) is 0 Å². The van der Waals surface area contributed by atoms with Crippen molar-refractivity contribution in [3.8, 4) is 6.01 Å². The molecule has 1 aliphatic heterocycles. The Balaban J connectivity index is 1.72. The first kappa shape index (κ1) is 15.8. The number of piperidine rings is 1. The van der Waals surface area contributed by atoms with Crippen LogP contribution in [0.15, 0.2) is 47.6 Å². The minimum absolute atomic E-state index is 0.0513. The molecule has 122 valence electrons. The highest BCUT2D eigenvalue weighted by Gasteiger charge is 2.31. The Bertz CT molecular complexity index is 753. The number of nitrogens with zero attached hydrogens (tertiary/aromatic N) is 3. The average Bonchev–Trinajstić information content (AvgIpc) is 2.58. The summed E-state index contributed by atoms with van der Waals surface area (Å²) in [5.41, 5.74) is 0.